The molecule has 0 saturated carbocycles. The van der Waals surface area contributed by atoms with Crippen LogP contribution < -0.4 is 10.6 Å². The van der Waals surface area contributed by atoms with Crippen molar-refractivity contribution in [1.82, 2.24) is 10.3 Å². The van der Waals surface area contributed by atoms with Crippen molar-refractivity contribution in [3.05, 3.63) is 22.9 Å². The number of hydrogen-bond donors (Lipinski definition) is 2. The average Bonchev–Trinajstić information content (AvgIpc) is 2.82. The lowest BCUT2D eigenvalue weighted by Gasteiger charge is -2.09. The minimum absolute atomic E-state index is 0.0730. The number of carbonyl (C=O) groups is 1. The van der Waals surface area contributed by atoms with Crippen molar-refractivity contribution >= 4 is 27.5 Å². The molecule has 17 heavy (non-hydrogen) atoms. The zero-order valence-corrected chi connectivity index (χ0v) is 11.2. The van der Waals surface area contributed by atoms with Crippen molar-refractivity contribution in [3.63, 3.8) is 0 Å². The van der Waals surface area contributed by atoms with Crippen LogP contribution in [-0.2, 0) is 4.79 Å². The van der Waals surface area contributed by atoms with E-state index in [2.05, 4.69) is 31.5 Å². The first-order chi connectivity index (χ1) is 8.25. The molecule has 2 N–H and O–H groups in total. The van der Waals surface area contributed by atoms with Crippen LogP contribution in [0, 0.1) is 5.92 Å². The summed E-state index contributed by atoms with van der Waals surface area (Å²) in [4.78, 5) is 15.7. The number of amides is 1. The maximum absolute atomic E-state index is 11.7. The van der Waals surface area contributed by atoms with Gasteiger partial charge in [0, 0.05) is 18.8 Å². The van der Waals surface area contributed by atoms with Crippen LogP contribution in [0.25, 0.3) is 0 Å². The summed E-state index contributed by atoms with van der Waals surface area (Å²) in [6.45, 7) is 2.13. The summed E-state index contributed by atoms with van der Waals surface area (Å²) < 4.78 is 0.816. The van der Waals surface area contributed by atoms with E-state index in [0.29, 0.717) is 12.3 Å². The van der Waals surface area contributed by atoms with Crippen LogP contribution in [0.1, 0.15) is 19.3 Å². The molecule has 1 aromatic heterocycles. The van der Waals surface area contributed by atoms with Gasteiger partial charge < -0.3 is 10.6 Å². The fraction of sp³-hybridized carbons (Fsp3) is 0.500. The van der Waals surface area contributed by atoms with Crippen LogP contribution in [0.4, 0.5) is 5.69 Å². The third-order valence-corrected chi connectivity index (χ3v) is 3.62. The Kier molecular flexibility index (Phi) is 4.50. The zero-order chi connectivity index (χ0) is 12.1. The molecule has 4 nitrogen and oxygen atoms in total. The van der Waals surface area contributed by atoms with E-state index in [1.807, 2.05) is 0 Å². The first kappa shape index (κ1) is 12.5. The summed E-state index contributed by atoms with van der Waals surface area (Å²) >= 11 is 3.35. The maximum Gasteiger partial charge on any atom is 0.224 e. The quantitative estimate of drug-likeness (QED) is 0.896. The predicted molar refractivity (Wildman–Crippen MR) is 70.8 cm³/mol. The number of nitrogens with one attached hydrogen (secondary N) is 2. The van der Waals surface area contributed by atoms with Crippen LogP contribution in [0.15, 0.2) is 22.9 Å². The maximum atomic E-state index is 11.7. The standard InChI is InChI=1S/C12H16BrN3O/c13-10-8-15-6-4-11(10)16-12(17)2-1-9-3-5-14-7-9/h4,6,8-9,14H,1-3,5,7H2,(H,15,16,17). The van der Waals surface area contributed by atoms with Gasteiger partial charge in [0.1, 0.15) is 0 Å². The second-order valence-electron chi connectivity index (χ2n) is 4.30. The Morgan fingerprint density at radius 3 is 3.24 bits per heavy atom. The number of carbonyl (C=O) groups excluding carboxylic acids is 1. The third-order valence-electron chi connectivity index (χ3n) is 2.99. The second-order valence-corrected chi connectivity index (χ2v) is 5.16. The smallest absolute Gasteiger partial charge is 0.224 e. The Bertz CT molecular complexity index is 391. The number of nitrogens with zero attached hydrogens (tertiary/aromatic N) is 1. The number of halogens is 1. The minimum atomic E-state index is 0.0730. The van der Waals surface area contributed by atoms with E-state index in [0.717, 1.165) is 29.7 Å². The van der Waals surface area contributed by atoms with Crippen molar-refractivity contribution in [1.29, 1.82) is 0 Å². The predicted octanol–water partition coefficient (Wildman–Crippen LogP) is 2.17. The van der Waals surface area contributed by atoms with Gasteiger partial charge in [-0.15, -0.1) is 0 Å². The van der Waals surface area contributed by atoms with Crippen molar-refractivity contribution in [2.24, 2.45) is 5.92 Å². The van der Waals surface area contributed by atoms with Gasteiger partial charge >= 0.3 is 0 Å². The van der Waals surface area contributed by atoms with Crippen LogP contribution in [0.2, 0.25) is 0 Å². The molecule has 0 spiro atoms. The molecule has 1 saturated heterocycles. The number of rotatable bonds is 4. The molecule has 0 radical (unpaired) electrons. The Morgan fingerprint density at radius 2 is 2.53 bits per heavy atom. The molecule has 1 atom stereocenters. The molecule has 92 valence electrons. The normalized spacial score (nSPS) is 19.2. The summed E-state index contributed by atoms with van der Waals surface area (Å²) in [6, 6.07) is 1.79. The van der Waals surface area contributed by atoms with E-state index < -0.39 is 0 Å². The van der Waals surface area contributed by atoms with Gasteiger partial charge in [-0.2, -0.15) is 0 Å². The molecule has 0 aliphatic carbocycles. The van der Waals surface area contributed by atoms with Crippen LogP contribution in [-0.4, -0.2) is 24.0 Å². The largest absolute Gasteiger partial charge is 0.325 e. The number of aromatic nitrogens is 1. The fourth-order valence-corrected chi connectivity index (χ4v) is 2.33. The SMILES string of the molecule is O=C(CCC1CCNC1)Nc1ccncc1Br. The van der Waals surface area contributed by atoms with Gasteiger partial charge in [-0.25, -0.2) is 0 Å². The number of hydrogen-bond acceptors (Lipinski definition) is 3. The Balaban J connectivity index is 1.79. The van der Waals surface area contributed by atoms with Gasteiger partial charge in [-0.1, -0.05) is 0 Å². The first-order valence-corrected chi connectivity index (χ1v) is 6.65. The van der Waals surface area contributed by atoms with E-state index in [1.54, 1.807) is 18.5 Å². The van der Waals surface area contributed by atoms with Gasteiger partial charge in [0.05, 0.1) is 10.2 Å². The van der Waals surface area contributed by atoms with Gasteiger partial charge in [0.25, 0.3) is 0 Å². The molecule has 1 fully saturated rings. The van der Waals surface area contributed by atoms with Crippen molar-refractivity contribution in [2.75, 3.05) is 18.4 Å². The highest BCUT2D eigenvalue weighted by Gasteiger charge is 2.15. The molecule has 5 heteroatoms. The average molecular weight is 298 g/mol. The van der Waals surface area contributed by atoms with E-state index in [4.69, 9.17) is 0 Å². The molecule has 0 bridgehead atoms. The van der Waals surface area contributed by atoms with Crippen molar-refractivity contribution in [3.8, 4) is 0 Å². The lowest BCUT2D eigenvalue weighted by molar-refractivity contribution is -0.116. The van der Waals surface area contributed by atoms with Gasteiger partial charge in [0.15, 0.2) is 0 Å². The van der Waals surface area contributed by atoms with Crippen molar-refractivity contribution < 1.29 is 4.79 Å². The molecule has 1 unspecified atom stereocenters. The number of anilines is 1. The number of pyridine rings is 1. The highest BCUT2D eigenvalue weighted by molar-refractivity contribution is 9.10. The van der Waals surface area contributed by atoms with E-state index in [-0.39, 0.29) is 5.91 Å². The van der Waals surface area contributed by atoms with Crippen LogP contribution >= 0.6 is 15.9 Å². The molecule has 1 aromatic rings. The van der Waals surface area contributed by atoms with Crippen molar-refractivity contribution in [2.45, 2.75) is 19.3 Å². The fourth-order valence-electron chi connectivity index (χ4n) is 1.99. The second kappa shape index (κ2) is 6.12. The summed E-state index contributed by atoms with van der Waals surface area (Å²) in [6.07, 6.45) is 6.08. The first-order valence-electron chi connectivity index (χ1n) is 5.86. The lowest BCUT2D eigenvalue weighted by Crippen LogP contribution is -2.15. The Hall–Kier alpha value is -0.940. The van der Waals surface area contributed by atoms with Crippen LogP contribution in [0.3, 0.4) is 0 Å². The van der Waals surface area contributed by atoms with Crippen LogP contribution in [0.5, 0.6) is 0 Å². The highest BCUT2D eigenvalue weighted by atomic mass is 79.9. The summed E-state index contributed by atoms with van der Waals surface area (Å²) in [5, 5.41) is 6.20. The highest BCUT2D eigenvalue weighted by Crippen LogP contribution is 2.21. The van der Waals surface area contributed by atoms with Gasteiger partial charge in [-0.05, 0) is 53.8 Å². The molecular weight excluding hydrogens is 282 g/mol. The van der Waals surface area contributed by atoms with E-state index in [9.17, 15) is 4.79 Å². The van der Waals surface area contributed by atoms with Gasteiger partial charge in [0.2, 0.25) is 5.91 Å². The summed E-state index contributed by atoms with van der Waals surface area (Å²) in [5.41, 5.74) is 0.787. The van der Waals surface area contributed by atoms with E-state index >= 15 is 0 Å². The summed E-state index contributed by atoms with van der Waals surface area (Å²) in [7, 11) is 0. The molecular formula is C12H16BrN3O. The lowest BCUT2D eigenvalue weighted by atomic mass is 10.0. The van der Waals surface area contributed by atoms with E-state index in [1.165, 1.54) is 6.42 Å². The molecule has 1 aliphatic heterocycles. The molecule has 2 rings (SSSR count). The molecule has 0 aromatic carbocycles. The summed E-state index contributed by atoms with van der Waals surface area (Å²) in [5.74, 6) is 0.727. The van der Waals surface area contributed by atoms with Gasteiger partial charge in [-0.3, -0.25) is 9.78 Å². The third kappa shape index (κ3) is 3.78. The zero-order valence-electron chi connectivity index (χ0n) is 9.58. The molecule has 2 heterocycles. The Morgan fingerprint density at radius 1 is 1.65 bits per heavy atom. The topological polar surface area (TPSA) is 54.0 Å². The monoisotopic (exact) mass is 297 g/mol. The molecule has 1 aliphatic rings. The minimum Gasteiger partial charge on any atom is -0.325 e. The Labute approximate surface area is 109 Å². The molecule has 1 amide bonds.